The van der Waals surface area contributed by atoms with Crippen molar-refractivity contribution in [3.63, 3.8) is 0 Å². The molecule has 10 heteroatoms. The zero-order valence-electron chi connectivity index (χ0n) is 18.2. The van der Waals surface area contributed by atoms with Crippen molar-refractivity contribution < 1.29 is 31.5 Å². The van der Waals surface area contributed by atoms with E-state index in [0.717, 1.165) is 12.0 Å². The zero-order chi connectivity index (χ0) is 24.4. The maximum atomic E-state index is 14.7. The SMILES string of the molecule is Cc1ccnc(C(=O)N2[C@@H](C(=O)NC(c3cc(F)c(C(F)(F)F)cc3F)C3CC3)C[C@H]3C[C@H]32)c1. The van der Waals surface area contributed by atoms with Gasteiger partial charge in [-0.05, 0) is 74.3 Å². The van der Waals surface area contributed by atoms with Crippen LogP contribution in [0, 0.1) is 30.4 Å². The minimum absolute atomic E-state index is 0.0785. The number of fused-ring (bicyclic) bond motifs is 1. The van der Waals surface area contributed by atoms with Gasteiger partial charge in [-0.2, -0.15) is 13.2 Å². The molecule has 180 valence electrons. The van der Waals surface area contributed by atoms with Crippen molar-refractivity contribution in [2.75, 3.05) is 0 Å². The Hall–Kier alpha value is -3.04. The third kappa shape index (κ3) is 4.14. The first-order chi connectivity index (χ1) is 16.0. The van der Waals surface area contributed by atoms with E-state index in [2.05, 4.69) is 10.3 Å². The van der Waals surface area contributed by atoms with Crippen molar-refractivity contribution >= 4 is 11.8 Å². The molecule has 34 heavy (non-hydrogen) atoms. The molecule has 2 aromatic rings. The van der Waals surface area contributed by atoms with Gasteiger partial charge in [0.2, 0.25) is 5.91 Å². The number of carbonyl (C=O) groups excluding carboxylic acids is 2. The number of alkyl halides is 3. The Bertz CT molecular complexity index is 1160. The molecule has 1 unspecified atom stereocenters. The van der Waals surface area contributed by atoms with Crippen molar-refractivity contribution in [3.05, 3.63) is 64.5 Å². The molecule has 4 atom stereocenters. The minimum Gasteiger partial charge on any atom is -0.347 e. The summed E-state index contributed by atoms with van der Waals surface area (Å²) in [4.78, 5) is 32.0. The number of piperidine rings is 1. The van der Waals surface area contributed by atoms with Crippen LogP contribution in [0.4, 0.5) is 22.0 Å². The van der Waals surface area contributed by atoms with Crippen LogP contribution >= 0.6 is 0 Å². The number of amides is 2. The van der Waals surface area contributed by atoms with Gasteiger partial charge in [0.25, 0.3) is 5.91 Å². The molecular weight excluding hydrogens is 457 g/mol. The summed E-state index contributed by atoms with van der Waals surface area (Å²) in [5, 5.41) is 2.71. The number of hydrogen-bond acceptors (Lipinski definition) is 3. The Labute approximate surface area is 192 Å². The third-order valence-electron chi connectivity index (χ3n) is 6.89. The highest BCUT2D eigenvalue weighted by Crippen LogP contribution is 2.49. The highest BCUT2D eigenvalue weighted by Gasteiger charge is 2.56. The smallest absolute Gasteiger partial charge is 0.347 e. The Morgan fingerprint density at radius 2 is 1.85 bits per heavy atom. The van der Waals surface area contributed by atoms with E-state index in [1.165, 1.54) is 11.1 Å². The maximum absolute atomic E-state index is 14.7. The molecule has 1 aromatic heterocycles. The van der Waals surface area contributed by atoms with E-state index in [9.17, 15) is 31.5 Å². The summed E-state index contributed by atoms with van der Waals surface area (Å²) in [7, 11) is 0. The summed E-state index contributed by atoms with van der Waals surface area (Å²) in [6.07, 6.45) is -1.04. The number of halogens is 5. The quantitative estimate of drug-likeness (QED) is 0.640. The van der Waals surface area contributed by atoms with E-state index in [1.54, 1.807) is 12.1 Å². The van der Waals surface area contributed by atoms with Gasteiger partial charge in [0.05, 0.1) is 11.6 Å². The van der Waals surface area contributed by atoms with Crippen LogP contribution in [0.15, 0.2) is 30.5 Å². The molecule has 1 aliphatic heterocycles. The van der Waals surface area contributed by atoms with Crippen LogP contribution < -0.4 is 5.32 Å². The van der Waals surface area contributed by atoms with Crippen LogP contribution in [-0.2, 0) is 11.0 Å². The molecular formula is C24H22F5N3O2. The van der Waals surface area contributed by atoms with E-state index in [0.29, 0.717) is 25.3 Å². The number of likely N-dealkylation sites (tertiary alicyclic amines) is 1. The molecule has 3 fully saturated rings. The molecule has 1 N–H and O–H groups in total. The fraction of sp³-hybridized carbons (Fsp3) is 0.458. The molecule has 1 aromatic carbocycles. The lowest BCUT2D eigenvalue weighted by atomic mass is 9.98. The fourth-order valence-corrected chi connectivity index (χ4v) is 4.91. The summed E-state index contributed by atoms with van der Waals surface area (Å²) in [6.45, 7) is 1.82. The summed E-state index contributed by atoms with van der Waals surface area (Å²) in [6, 6.07) is 2.19. The number of benzene rings is 1. The lowest BCUT2D eigenvalue weighted by Crippen LogP contribution is -2.49. The lowest BCUT2D eigenvalue weighted by Gasteiger charge is -2.29. The first-order valence-corrected chi connectivity index (χ1v) is 11.2. The van der Waals surface area contributed by atoms with Gasteiger partial charge < -0.3 is 10.2 Å². The van der Waals surface area contributed by atoms with Crippen LogP contribution in [-0.4, -0.2) is 33.8 Å². The van der Waals surface area contributed by atoms with E-state index < -0.39 is 41.4 Å². The first kappa shape index (κ1) is 22.7. The largest absolute Gasteiger partial charge is 0.419 e. The molecule has 2 heterocycles. The Kier molecular flexibility index (Phi) is 5.37. The predicted molar refractivity (Wildman–Crippen MR) is 110 cm³/mol. The molecule has 3 aliphatic rings. The molecule has 2 saturated carbocycles. The van der Waals surface area contributed by atoms with Crippen LogP contribution in [0.1, 0.15) is 58.9 Å². The molecule has 0 spiro atoms. The first-order valence-electron chi connectivity index (χ1n) is 11.2. The van der Waals surface area contributed by atoms with Crippen molar-refractivity contribution in [2.24, 2.45) is 11.8 Å². The van der Waals surface area contributed by atoms with E-state index in [4.69, 9.17) is 0 Å². The van der Waals surface area contributed by atoms with Gasteiger partial charge in [-0.1, -0.05) is 0 Å². The van der Waals surface area contributed by atoms with Gasteiger partial charge in [-0.25, -0.2) is 8.78 Å². The number of aryl methyl sites for hydroxylation is 1. The van der Waals surface area contributed by atoms with Gasteiger partial charge >= 0.3 is 6.18 Å². The van der Waals surface area contributed by atoms with Crippen molar-refractivity contribution in [2.45, 2.75) is 56.9 Å². The van der Waals surface area contributed by atoms with Gasteiger partial charge in [0.1, 0.15) is 23.4 Å². The maximum Gasteiger partial charge on any atom is 0.419 e. The molecule has 5 nitrogen and oxygen atoms in total. The molecule has 0 radical (unpaired) electrons. The number of pyridine rings is 1. The van der Waals surface area contributed by atoms with Crippen LogP contribution in [0.3, 0.4) is 0 Å². The van der Waals surface area contributed by atoms with Gasteiger partial charge in [-0.3, -0.25) is 14.6 Å². The van der Waals surface area contributed by atoms with Crippen LogP contribution in [0.2, 0.25) is 0 Å². The van der Waals surface area contributed by atoms with Crippen molar-refractivity contribution in [1.29, 1.82) is 0 Å². The molecule has 2 aliphatic carbocycles. The predicted octanol–water partition coefficient (Wildman–Crippen LogP) is 4.56. The average Bonchev–Trinajstić information content (AvgIpc) is 3.70. The van der Waals surface area contributed by atoms with Crippen molar-refractivity contribution in [3.8, 4) is 0 Å². The van der Waals surface area contributed by atoms with E-state index in [1.807, 2.05) is 6.92 Å². The third-order valence-corrected chi connectivity index (χ3v) is 6.89. The summed E-state index contributed by atoms with van der Waals surface area (Å²) in [5.41, 5.74) is -0.935. The monoisotopic (exact) mass is 479 g/mol. The highest BCUT2D eigenvalue weighted by molar-refractivity contribution is 5.97. The standard InChI is InChI=1S/C24H22F5N3O2/c1-11-4-5-30-18(6-11)23(34)32-19-7-13(19)8-20(32)22(33)31-21(12-2-3-12)14-9-17(26)15(10-16(14)25)24(27,28)29/h4-6,9-10,12-13,19-21H,2-3,7-8H2,1H3,(H,31,33)/t13-,19-,20-,21?/m1/s1. The highest BCUT2D eigenvalue weighted by atomic mass is 19.4. The Morgan fingerprint density at radius 3 is 2.50 bits per heavy atom. The summed E-state index contributed by atoms with van der Waals surface area (Å²) >= 11 is 0. The minimum atomic E-state index is -5.03. The van der Waals surface area contributed by atoms with Crippen molar-refractivity contribution in [1.82, 2.24) is 15.2 Å². The normalized spacial score (nSPS) is 24.5. The molecule has 0 bridgehead atoms. The molecule has 2 amide bonds. The lowest BCUT2D eigenvalue weighted by molar-refractivity contribution is -0.140. The number of carbonyl (C=O) groups is 2. The fourth-order valence-electron chi connectivity index (χ4n) is 4.91. The zero-order valence-corrected chi connectivity index (χ0v) is 18.2. The number of rotatable bonds is 5. The van der Waals surface area contributed by atoms with Gasteiger partial charge in [0, 0.05) is 17.8 Å². The second-order valence-electron chi connectivity index (χ2n) is 9.42. The molecule has 5 rings (SSSR count). The van der Waals surface area contributed by atoms with E-state index in [-0.39, 0.29) is 41.1 Å². The number of hydrogen-bond donors (Lipinski definition) is 1. The number of aromatic nitrogens is 1. The van der Waals surface area contributed by atoms with Gasteiger partial charge in [-0.15, -0.1) is 0 Å². The average molecular weight is 479 g/mol. The number of nitrogens with one attached hydrogen (secondary N) is 1. The Morgan fingerprint density at radius 1 is 1.12 bits per heavy atom. The Balaban J connectivity index is 1.39. The van der Waals surface area contributed by atoms with Crippen LogP contribution in [0.25, 0.3) is 0 Å². The topological polar surface area (TPSA) is 62.3 Å². The summed E-state index contributed by atoms with van der Waals surface area (Å²) in [5.74, 6) is -3.74. The second kappa shape index (κ2) is 8.02. The second-order valence-corrected chi connectivity index (χ2v) is 9.42. The summed E-state index contributed by atoms with van der Waals surface area (Å²) < 4.78 is 67.7. The molecule has 1 saturated heterocycles. The van der Waals surface area contributed by atoms with Gasteiger partial charge in [0.15, 0.2) is 0 Å². The number of nitrogens with zero attached hydrogens (tertiary/aromatic N) is 2. The van der Waals surface area contributed by atoms with Crippen LogP contribution in [0.5, 0.6) is 0 Å². The van der Waals surface area contributed by atoms with E-state index >= 15 is 0 Å².